The van der Waals surface area contributed by atoms with Crippen LogP contribution in [0, 0.1) is 12.7 Å². The summed E-state index contributed by atoms with van der Waals surface area (Å²) in [6.07, 6.45) is 6.10. The van der Waals surface area contributed by atoms with Crippen LogP contribution in [0.4, 0.5) is 10.2 Å². The molecule has 8 rings (SSSR count). The molecule has 0 spiro atoms. The number of hydrogen-bond donors (Lipinski definition) is 2. The van der Waals surface area contributed by atoms with E-state index in [-0.39, 0.29) is 11.6 Å². The van der Waals surface area contributed by atoms with Gasteiger partial charge in [0.2, 0.25) is 5.89 Å². The van der Waals surface area contributed by atoms with E-state index in [0.717, 1.165) is 53.4 Å². The van der Waals surface area contributed by atoms with Crippen LogP contribution < -0.4 is 4.90 Å². The molecule has 2 N–H and O–H groups in total. The lowest BCUT2D eigenvalue weighted by Gasteiger charge is -2.56. The van der Waals surface area contributed by atoms with Crippen molar-refractivity contribution in [2.45, 2.75) is 32.0 Å². The minimum absolute atomic E-state index is 0.143. The Morgan fingerprint density at radius 1 is 1.11 bits per heavy atom. The molecule has 3 fully saturated rings. The molecule has 37 heavy (non-hydrogen) atoms. The number of piperazine rings is 1. The number of phenols is 1. The summed E-state index contributed by atoms with van der Waals surface area (Å²) < 4.78 is 19.2. The number of benzene rings is 1. The van der Waals surface area contributed by atoms with Gasteiger partial charge >= 0.3 is 0 Å². The molecule has 7 heterocycles. The fraction of sp³-hybridized carbons (Fsp3) is 0.259. The van der Waals surface area contributed by atoms with Gasteiger partial charge in [-0.05, 0) is 49.7 Å². The third-order valence-corrected chi connectivity index (χ3v) is 7.36. The highest BCUT2D eigenvalue weighted by Gasteiger charge is 2.44. The molecule has 0 saturated carbocycles. The Bertz CT molecular complexity index is 1600. The summed E-state index contributed by atoms with van der Waals surface area (Å²) in [5.41, 5.74) is 4.59. The number of phenolic OH excluding ortho intramolecular Hbond substituents is 1. The second-order valence-corrected chi connectivity index (χ2v) is 9.76. The third-order valence-electron chi connectivity index (χ3n) is 7.36. The minimum atomic E-state index is -0.325. The van der Waals surface area contributed by atoms with Gasteiger partial charge in [0.05, 0.1) is 11.4 Å². The van der Waals surface area contributed by atoms with Crippen LogP contribution in [0.25, 0.3) is 33.9 Å². The van der Waals surface area contributed by atoms with Gasteiger partial charge in [-0.1, -0.05) is 0 Å². The van der Waals surface area contributed by atoms with Crippen LogP contribution >= 0.6 is 0 Å². The Morgan fingerprint density at radius 2 is 1.97 bits per heavy atom. The van der Waals surface area contributed by atoms with Crippen molar-refractivity contribution >= 4 is 16.9 Å². The molecule has 4 aromatic heterocycles. The van der Waals surface area contributed by atoms with E-state index < -0.39 is 0 Å². The third kappa shape index (κ3) is 3.80. The number of H-pyrrole nitrogens is 1. The van der Waals surface area contributed by atoms with Gasteiger partial charge in [0, 0.05) is 54.4 Å². The zero-order chi connectivity index (χ0) is 25.1. The molecule has 10 heteroatoms. The van der Waals surface area contributed by atoms with Gasteiger partial charge in [-0.3, -0.25) is 4.90 Å². The van der Waals surface area contributed by atoms with Crippen molar-refractivity contribution in [3.8, 4) is 28.6 Å². The number of rotatable bonds is 5. The molecule has 3 aliphatic heterocycles. The first kappa shape index (κ1) is 21.9. The van der Waals surface area contributed by atoms with Crippen molar-refractivity contribution in [2.75, 3.05) is 18.0 Å². The molecular weight excluding hydrogens is 473 g/mol. The predicted octanol–water partition coefficient (Wildman–Crippen LogP) is 4.29. The second-order valence-electron chi connectivity index (χ2n) is 9.76. The van der Waals surface area contributed by atoms with Gasteiger partial charge < -0.3 is 19.4 Å². The number of hydrogen-bond acceptors (Lipinski definition) is 8. The van der Waals surface area contributed by atoms with Crippen molar-refractivity contribution in [3.05, 3.63) is 72.3 Å². The summed E-state index contributed by atoms with van der Waals surface area (Å²) >= 11 is 0. The lowest BCUT2D eigenvalue weighted by atomic mass is 9.86. The van der Waals surface area contributed by atoms with Crippen LogP contribution in [0.5, 0.6) is 5.75 Å². The summed E-state index contributed by atoms with van der Waals surface area (Å²) in [7, 11) is 0. The largest absolute Gasteiger partial charge is 0.508 e. The normalized spacial score (nSPS) is 19.4. The summed E-state index contributed by atoms with van der Waals surface area (Å²) in [6, 6.07) is 10.8. The topological polar surface area (TPSA) is 107 Å². The van der Waals surface area contributed by atoms with Crippen LogP contribution in [0.15, 0.2) is 59.6 Å². The van der Waals surface area contributed by atoms with Crippen LogP contribution in [-0.2, 0) is 6.54 Å². The number of pyridine rings is 1. The average molecular weight is 498 g/mol. The summed E-state index contributed by atoms with van der Waals surface area (Å²) in [4.78, 5) is 25.9. The fourth-order valence-corrected chi connectivity index (χ4v) is 5.49. The van der Waals surface area contributed by atoms with Crippen molar-refractivity contribution in [2.24, 2.45) is 0 Å². The highest BCUT2D eigenvalue weighted by atomic mass is 19.1. The van der Waals surface area contributed by atoms with Gasteiger partial charge in [-0.15, -0.1) is 0 Å². The van der Waals surface area contributed by atoms with E-state index in [1.54, 1.807) is 6.26 Å². The molecular formula is C27H24FN7O2. The molecule has 2 bridgehead atoms. The Hall–Kier alpha value is -4.31. The van der Waals surface area contributed by atoms with Gasteiger partial charge in [-0.2, -0.15) is 0 Å². The summed E-state index contributed by atoms with van der Waals surface area (Å²) in [5.74, 6) is 1.25. The second kappa shape index (κ2) is 8.38. The van der Waals surface area contributed by atoms with Gasteiger partial charge in [0.1, 0.15) is 41.3 Å². The molecule has 5 aromatic rings. The fourth-order valence-electron chi connectivity index (χ4n) is 5.49. The molecule has 1 aromatic carbocycles. The monoisotopic (exact) mass is 497 g/mol. The van der Waals surface area contributed by atoms with Crippen molar-refractivity contribution < 1.29 is 13.9 Å². The lowest BCUT2D eigenvalue weighted by Crippen LogP contribution is -2.68. The van der Waals surface area contributed by atoms with Gasteiger partial charge in [-0.25, -0.2) is 24.3 Å². The Morgan fingerprint density at radius 3 is 2.73 bits per heavy atom. The number of halogens is 1. The quantitative estimate of drug-likeness (QED) is 0.370. The van der Waals surface area contributed by atoms with Crippen molar-refractivity contribution in [1.82, 2.24) is 29.8 Å². The zero-order valence-corrected chi connectivity index (χ0v) is 20.1. The number of fused-ring (bicyclic) bond motifs is 3. The highest BCUT2D eigenvalue weighted by Crippen LogP contribution is 2.37. The maximum Gasteiger partial charge on any atom is 0.243 e. The maximum atomic E-state index is 13.7. The molecule has 3 aliphatic rings. The number of aromatic hydroxyl groups is 1. The number of aromatic amines is 1. The number of aryl methyl sites for hydroxylation is 1. The van der Waals surface area contributed by atoms with E-state index in [0.29, 0.717) is 35.7 Å². The van der Waals surface area contributed by atoms with E-state index >= 15 is 0 Å². The van der Waals surface area contributed by atoms with Crippen LogP contribution in [-0.4, -0.2) is 60.1 Å². The van der Waals surface area contributed by atoms with E-state index in [2.05, 4.69) is 29.7 Å². The van der Waals surface area contributed by atoms with Crippen LogP contribution in [0.3, 0.4) is 0 Å². The first-order valence-electron chi connectivity index (χ1n) is 12.2. The number of nitrogens with zero attached hydrogens (tertiary/aromatic N) is 6. The molecule has 2 atom stereocenters. The number of piperidine rings is 1. The summed E-state index contributed by atoms with van der Waals surface area (Å²) in [5, 5.41) is 11.0. The molecule has 2 unspecified atom stereocenters. The van der Waals surface area contributed by atoms with Crippen LogP contribution in [0.2, 0.25) is 0 Å². The minimum Gasteiger partial charge on any atom is -0.508 e. The molecule has 9 nitrogen and oxygen atoms in total. The first-order valence-corrected chi connectivity index (χ1v) is 12.2. The number of aromatic nitrogens is 5. The molecule has 3 saturated heterocycles. The molecule has 0 aliphatic carbocycles. The smallest absolute Gasteiger partial charge is 0.243 e. The number of anilines is 1. The van der Waals surface area contributed by atoms with Gasteiger partial charge in [0.25, 0.3) is 0 Å². The predicted molar refractivity (Wildman–Crippen MR) is 135 cm³/mol. The zero-order valence-electron chi connectivity index (χ0n) is 20.1. The summed E-state index contributed by atoms with van der Waals surface area (Å²) in [6.45, 7) is 4.11. The standard InChI is InChI=1S/C27H24FN7O2/c1-15-13-37-27(32-15)22-8-21-25(30-14-31-26(21)33-22)16-2-5-24(29-9-16)34-11-19-7-20(12-34)35(19)10-17-6-18(28)3-4-23(17)36/h2-6,8-9,13-14,19-20,36H,7,10-12H2,1H3,(H,30,31,33). The average Bonchev–Trinajstić information content (AvgIpc) is 3.55. The molecule has 186 valence electrons. The lowest BCUT2D eigenvalue weighted by molar-refractivity contribution is -0.00921. The van der Waals surface area contributed by atoms with E-state index in [1.165, 1.54) is 24.5 Å². The Balaban J connectivity index is 1.09. The number of nitrogens with one attached hydrogen (secondary N) is 1. The molecule has 0 amide bonds. The van der Waals surface area contributed by atoms with Crippen molar-refractivity contribution in [3.63, 3.8) is 0 Å². The SMILES string of the molecule is Cc1coc(-c2cc3c(-c4ccc(N5CC6CC(C5)N6Cc5cc(F)ccc5O)nc4)ncnc3[nH]2)n1. The van der Waals surface area contributed by atoms with Crippen molar-refractivity contribution in [1.29, 1.82) is 0 Å². The first-order chi connectivity index (χ1) is 18.0. The molecule has 0 radical (unpaired) electrons. The van der Waals surface area contributed by atoms with E-state index in [9.17, 15) is 9.50 Å². The van der Waals surface area contributed by atoms with Crippen LogP contribution in [0.1, 0.15) is 17.7 Å². The Labute approximate surface area is 211 Å². The van der Waals surface area contributed by atoms with E-state index in [4.69, 9.17) is 9.40 Å². The highest BCUT2D eigenvalue weighted by molar-refractivity contribution is 5.93. The number of oxazole rings is 1. The van der Waals surface area contributed by atoms with E-state index in [1.807, 2.05) is 31.3 Å². The van der Waals surface area contributed by atoms with Gasteiger partial charge in [0.15, 0.2) is 0 Å². The Kier molecular flexibility index (Phi) is 4.97. The maximum absolute atomic E-state index is 13.7.